The van der Waals surface area contributed by atoms with Crippen LogP contribution in [0.4, 0.5) is 0 Å². The second-order valence-electron chi connectivity index (χ2n) is 3.98. The Bertz CT molecular complexity index is 462. The lowest BCUT2D eigenvalue weighted by Crippen LogP contribution is -2.42. The summed E-state index contributed by atoms with van der Waals surface area (Å²) in [5.74, 6) is 0.0660. The smallest absolute Gasteiger partial charge is 0.327 e. The highest BCUT2D eigenvalue weighted by Crippen LogP contribution is 2.22. The zero-order valence-electron chi connectivity index (χ0n) is 9.92. The van der Waals surface area contributed by atoms with Gasteiger partial charge < -0.3 is 10.0 Å². The van der Waals surface area contributed by atoms with Gasteiger partial charge >= 0.3 is 5.97 Å². The number of aromatic amines is 1. The Hall–Kier alpha value is -1.57. The highest BCUT2D eigenvalue weighted by molar-refractivity contribution is 7.99. The SMILES string of the molecule is CCCc1nc(C(=O)N2CSC[C@H]2C(=O)O)n[nH]1. The van der Waals surface area contributed by atoms with Gasteiger partial charge in [0.1, 0.15) is 11.9 Å². The second kappa shape index (κ2) is 5.38. The summed E-state index contributed by atoms with van der Waals surface area (Å²) in [5.41, 5.74) is 0. The number of rotatable bonds is 4. The van der Waals surface area contributed by atoms with Crippen LogP contribution in [0.25, 0.3) is 0 Å². The van der Waals surface area contributed by atoms with Crippen LogP contribution in [0.2, 0.25) is 0 Å². The molecule has 8 heteroatoms. The largest absolute Gasteiger partial charge is 0.480 e. The van der Waals surface area contributed by atoms with Gasteiger partial charge in [-0.1, -0.05) is 6.92 Å². The van der Waals surface area contributed by atoms with E-state index in [4.69, 9.17) is 5.11 Å². The predicted molar refractivity (Wildman–Crippen MR) is 65.3 cm³/mol. The zero-order valence-corrected chi connectivity index (χ0v) is 10.7. The van der Waals surface area contributed by atoms with Crippen molar-refractivity contribution < 1.29 is 14.7 Å². The van der Waals surface area contributed by atoms with Gasteiger partial charge in [0, 0.05) is 12.2 Å². The van der Waals surface area contributed by atoms with Crippen LogP contribution in [0.1, 0.15) is 29.8 Å². The van der Waals surface area contributed by atoms with Crippen molar-refractivity contribution in [2.45, 2.75) is 25.8 Å². The molecule has 1 aliphatic heterocycles. The molecule has 2 rings (SSSR count). The molecular weight excluding hydrogens is 256 g/mol. The summed E-state index contributed by atoms with van der Waals surface area (Å²) in [6, 6.07) is -0.782. The van der Waals surface area contributed by atoms with Gasteiger partial charge in [0.25, 0.3) is 5.91 Å². The van der Waals surface area contributed by atoms with Crippen molar-refractivity contribution in [3.05, 3.63) is 11.6 Å². The number of carboxylic acids is 1. The van der Waals surface area contributed by atoms with Crippen LogP contribution in [0.5, 0.6) is 0 Å². The molecule has 0 aromatic carbocycles. The number of nitrogens with zero attached hydrogens (tertiary/aromatic N) is 3. The maximum absolute atomic E-state index is 12.1. The third kappa shape index (κ3) is 2.47. The first-order valence-electron chi connectivity index (χ1n) is 5.66. The Morgan fingerprint density at radius 3 is 3.06 bits per heavy atom. The summed E-state index contributed by atoms with van der Waals surface area (Å²) in [5, 5.41) is 15.5. The van der Waals surface area contributed by atoms with E-state index in [0.717, 1.165) is 12.8 Å². The van der Waals surface area contributed by atoms with E-state index in [1.807, 2.05) is 6.92 Å². The number of thioether (sulfide) groups is 1. The minimum Gasteiger partial charge on any atom is -0.480 e. The first-order chi connectivity index (χ1) is 8.63. The van der Waals surface area contributed by atoms with E-state index in [9.17, 15) is 9.59 Å². The molecule has 0 aliphatic carbocycles. The highest BCUT2D eigenvalue weighted by atomic mass is 32.2. The summed E-state index contributed by atoms with van der Waals surface area (Å²) >= 11 is 1.42. The van der Waals surface area contributed by atoms with Crippen molar-refractivity contribution in [1.29, 1.82) is 0 Å². The maximum atomic E-state index is 12.1. The molecule has 2 N–H and O–H groups in total. The van der Waals surface area contributed by atoms with E-state index in [-0.39, 0.29) is 5.82 Å². The fourth-order valence-corrected chi connectivity index (χ4v) is 2.86. The molecule has 1 aliphatic rings. The quantitative estimate of drug-likeness (QED) is 0.819. The zero-order chi connectivity index (χ0) is 13.1. The van der Waals surface area contributed by atoms with E-state index in [1.165, 1.54) is 16.7 Å². The van der Waals surface area contributed by atoms with E-state index in [1.54, 1.807) is 0 Å². The molecule has 0 bridgehead atoms. The average Bonchev–Trinajstić information content (AvgIpc) is 2.96. The summed E-state index contributed by atoms with van der Waals surface area (Å²) in [4.78, 5) is 28.5. The molecule has 0 spiro atoms. The van der Waals surface area contributed by atoms with E-state index in [0.29, 0.717) is 17.5 Å². The second-order valence-corrected chi connectivity index (χ2v) is 4.98. The number of aliphatic carboxylic acids is 1. The molecule has 0 saturated carbocycles. The summed E-state index contributed by atoms with van der Waals surface area (Å²) in [7, 11) is 0. The van der Waals surface area contributed by atoms with Crippen LogP contribution in [0.3, 0.4) is 0 Å². The van der Waals surface area contributed by atoms with Gasteiger partial charge in [-0.15, -0.1) is 16.9 Å². The molecule has 1 saturated heterocycles. The van der Waals surface area contributed by atoms with Crippen LogP contribution < -0.4 is 0 Å². The summed E-state index contributed by atoms with van der Waals surface area (Å²) in [6.07, 6.45) is 1.62. The Morgan fingerprint density at radius 2 is 2.39 bits per heavy atom. The monoisotopic (exact) mass is 270 g/mol. The van der Waals surface area contributed by atoms with Gasteiger partial charge in [0.05, 0.1) is 5.88 Å². The van der Waals surface area contributed by atoms with Gasteiger partial charge in [-0.2, -0.15) is 0 Å². The van der Waals surface area contributed by atoms with Gasteiger partial charge in [-0.25, -0.2) is 9.78 Å². The van der Waals surface area contributed by atoms with Crippen molar-refractivity contribution in [3.8, 4) is 0 Å². The highest BCUT2D eigenvalue weighted by Gasteiger charge is 2.36. The molecule has 0 unspecified atom stereocenters. The van der Waals surface area contributed by atoms with Crippen molar-refractivity contribution in [2.75, 3.05) is 11.6 Å². The molecule has 18 heavy (non-hydrogen) atoms. The van der Waals surface area contributed by atoms with E-state index < -0.39 is 17.9 Å². The van der Waals surface area contributed by atoms with E-state index >= 15 is 0 Å². The minimum absolute atomic E-state index is 0.0483. The fourth-order valence-electron chi connectivity index (χ4n) is 1.72. The number of aromatic nitrogens is 3. The van der Waals surface area contributed by atoms with Crippen molar-refractivity contribution >= 4 is 23.6 Å². The number of H-pyrrole nitrogens is 1. The third-order valence-corrected chi connectivity index (χ3v) is 3.65. The predicted octanol–water partition coefficient (Wildman–Crippen LogP) is 0.357. The number of aryl methyl sites for hydroxylation is 1. The molecule has 98 valence electrons. The van der Waals surface area contributed by atoms with Gasteiger partial charge in [0.2, 0.25) is 5.82 Å². The molecule has 1 aromatic rings. The molecule has 1 fully saturated rings. The number of nitrogens with one attached hydrogen (secondary N) is 1. The van der Waals surface area contributed by atoms with Crippen LogP contribution in [-0.2, 0) is 11.2 Å². The maximum Gasteiger partial charge on any atom is 0.327 e. The Morgan fingerprint density at radius 1 is 1.61 bits per heavy atom. The number of carboxylic acid groups (broad SMARTS) is 1. The van der Waals surface area contributed by atoms with Crippen molar-refractivity contribution in [1.82, 2.24) is 20.1 Å². The first-order valence-corrected chi connectivity index (χ1v) is 6.81. The van der Waals surface area contributed by atoms with E-state index in [2.05, 4.69) is 15.2 Å². The Labute approximate surface area is 108 Å². The first kappa shape index (κ1) is 12.9. The van der Waals surface area contributed by atoms with Gasteiger partial charge in [-0.05, 0) is 6.42 Å². The molecule has 1 amide bonds. The van der Waals surface area contributed by atoms with Crippen LogP contribution >= 0.6 is 11.8 Å². The van der Waals surface area contributed by atoms with Crippen molar-refractivity contribution in [2.24, 2.45) is 0 Å². The van der Waals surface area contributed by atoms with Crippen molar-refractivity contribution in [3.63, 3.8) is 0 Å². The minimum atomic E-state index is -0.988. The number of carbonyl (C=O) groups is 2. The number of hydrogen-bond acceptors (Lipinski definition) is 5. The Balaban J connectivity index is 2.12. The lowest BCUT2D eigenvalue weighted by atomic mass is 10.3. The van der Waals surface area contributed by atoms with Crippen LogP contribution in [-0.4, -0.2) is 54.7 Å². The fraction of sp³-hybridized carbons (Fsp3) is 0.600. The lowest BCUT2D eigenvalue weighted by Gasteiger charge is -2.18. The molecule has 1 atom stereocenters. The molecule has 7 nitrogen and oxygen atoms in total. The van der Waals surface area contributed by atoms with Crippen LogP contribution in [0, 0.1) is 0 Å². The lowest BCUT2D eigenvalue weighted by molar-refractivity contribution is -0.140. The standard InChI is InChI=1S/C10H14N4O3S/c1-2-3-7-11-8(13-12-7)9(15)14-5-18-4-6(14)10(16)17/h6H,2-5H2,1H3,(H,16,17)(H,11,12,13)/t6-/m0/s1. The third-order valence-electron chi connectivity index (χ3n) is 2.64. The summed E-state index contributed by atoms with van der Waals surface area (Å²) in [6.45, 7) is 2.00. The number of hydrogen-bond donors (Lipinski definition) is 2. The number of carbonyl (C=O) groups excluding carboxylic acids is 1. The normalized spacial score (nSPS) is 19.2. The van der Waals surface area contributed by atoms with Crippen LogP contribution in [0.15, 0.2) is 0 Å². The molecular formula is C10H14N4O3S. The average molecular weight is 270 g/mol. The van der Waals surface area contributed by atoms with Gasteiger partial charge in [-0.3, -0.25) is 9.89 Å². The number of amides is 1. The molecule has 1 aromatic heterocycles. The molecule has 2 heterocycles. The Kier molecular flexibility index (Phi) is 3.85. The molecule has 0 radical (unpaired) electrons. The summed E-state index contributed by atoms with van der Waals surface area (Å²) < 4.78 is 0. The van der Waals surface area contributed by atoms with Gasteiger partial charge in [0.15, 0.2) is 0 Å². The topological polar surface area (TPSA) is 99.2 Å².